The smallest absolute Gasteiger partial charge is 0.255 e. The number of benzene rings is 1. The van der Waals surface area contributed by atoms with Crippen LogP contribution >= 0.6 is 0 Å². The van der Waals surface area contributed by atoms with E-state index in [-0.39, 0.29) is 37.2 Å². The summed E-state index contributed by atoms with van der Waals surface area (Å²) in [5.41, 5.74) is 0.261. The molecular formula is C12H15NO6. The average Bonchev–Trinajstić information content (AvgIpc) is 2.92. The van der Waals surface area contributed by atoms with E-state index in [1.807, 2.05) is 0 Å². The Morgan fingerprint density at radius 2 is 2.11 bits per heavy atom. The van der Waals surface area contributed by atoms with Crippen LogP contribution in [-0.4, -0.2) is 45.2 Å². The van der Waals surface area contributed by atoms with Crippen LogP contribution in [0, 0.1) is 0 Å². The summed E-state index contributed by atoms with van der Waals surface area (Å²) in [5.74, 6) is 1.04. The van der Waals surface area contributed by atoms with E-state index in [2.05, 4.69) is 5.32 Å². The van der Waals surface area contributed by atoms with Crippen LogP contribution in [-0.2, 0) is 0 Å². The number of rotatable bonds is 5. The van der Waals surface area contributed by atoms with Gasteiger partial charge in [0.2, 0.25) is 18.3 Å². The standard InChI is InChI=1S/C12H15NO6/c1-16-8-5-7(12(15)13-3-4-14)9(17-2)11-10(8)18-6-19-11/h5,14H,3-4,6H2,1-2H3,(H,13,15). The first-order valence-electron chi connectivity index (χ1n) is 5.66. The van der Waals surface area contributed by atoms with Crippen LogP contribution < -0.4 is 24.3 Å². The van der Waals surface area contributed by atoms with E-state index in [1.54, 1.807) is 0 Å². The summed E-state index contributed by atoms with van der Waals surface area (Å²) < 4.78 is 20.9. The van der Waals surface area contributed by atoms with Crippen molar-refractivity contribution in [3.8, 4) is 23.0 Å². The lowest BCUT2D eigenvalue weighted by molar-refractivity contribution is 0.0940. The van der Waals surface area contributed by atoms with E-state index >= 15 is 0 Å². The largest absolute Gasteiger partial charge is 0.493 e. The molecule has 0 unspecified atom stereocenters. The minimum Gasteiger partial charge on any atom is -0.493 e. The van der Waals surface area contributed by atoms with Crippen LogP contribution in [0.2, 0.25) is 0 Å². The molecule has 1 aromatic rings. The second kappa shape index (κ2) is 5.66. The lowest BCUT2D eigenvalue weighted by atomic mass is 10.1. The minimum atomic E-state index is -0.387. The number of nitrogens with one attached hydrogen (secondary N) is 1. The molecule has 1 aliphatic rings. The summed E-state index contributed by atoms with van der Waals surface area (Å²) in [6.07, 6.45) is 0. The Morgan fingerprint density at radius 1 is 1.37 bits per heavy atom. The molecule has 0 spiro atoms. The Bertz CT molecular complexity index is 488. The Hall–Kier alpha value is -2.15. The number of aliphatic hydroxyl groups is 1. The summed E-state index contributed by atoms with van der Waals surface area (Å²) in [5, 5.41) is 11.3. The van der Waals surface area contributed by atoms with Crippen LogP contribution in [0.3, 0.4) is 0 Å². The predicted molar refractivity (Wildman–Crippen MR) is 65.1 cm³/mol. The molecule has 0 saturated carbocycles. The first-order chi connectivity index (χ1) is 9.22. The van der Waals surface area contributed by atoms with E-state index in [4.69, 9.17) is 24.1 Å². The van der Waals surface area contributed by atoms with Gasteiger partial charge in [-0.3, -0.25) is 4.79 Å². The van der Waals surface area contributed by atoms with Crippen molar-refractivity contribution < 1.29 is 28.8 Å². The molecule has 7 nitrogen and oxygen atoms in total. The fourth-order valence-corrected chi connectivity index (χ4v) is 1.80. The summed E-state index contributed by atoms with van der Waals surface area (Å²) in [7, 11) is 2.91. The number of ether oxygens (including phenoxy) is 4. The van der Waals surface area contributed by atoms with E-state index in [1.165, 1.54) is 20.3 Å². The Kier molecular flexibility index (Phi) is 3.96. The minimum absolute atomic E-state index is 0.0454. The van der Waals surface area contributed by atoms with Gasteiger partial charge in [0.1, 0.15) is 0 Å². The predicted octanol–water partition coefficient (Wildman–Crippen LogP) is 0.155. The quantitative estimate of drug-likeness (QED) is 0.791. The molecule has 0 saturated heterocycles. The monoisotopic (exact) mass is 269 g/mol. The van der Waals surface area contributed by atoms with Gasteiger partial charge in [-0.15, -0.1) is 0 Å². The number of aliphatic hydroxyl groups excluding tert-OH is 1. The number of fused-ring (bicyclic) bond motifs is 1. The summed E-state index contributed by atoms with van der Waals surface area (Å²) in [6, 6.07) is 1.51. The number of amides is 1. The van der Waals surface area contributed by atoms with Crippen molar-refractivity contribution >= 4 is 5.91 Å². The van der Waals surface area contributed by atoms with E-state index in [9.17, 15) is 4.79 Å². The number of hydrogen-bond acceptors (Lipinski definition) is 6. The van der Waals surface area contributed by atoms with Crippen molar-refractivity contribution in [2.24, 2.45) is 0 Å². The van der Waals surface area contributed by atoms with Crippen LogP contribution in [0.4, 0.5) is 0 Å². The normalized spacial score (nSPS) is 12.2. The lowest BCUT2D eigenvalue weighted by Gasteiger charge is -2.13. The van der Waals surface area contributed by atoms with Crippen molar-refractivity contribution in [1.82, 2.24) is 5.32 Å². The first kappa shape index (κ1) is 13.3. The summed E-state index contributed by atoms with van der Waals surface area (Å²) in [4.78, 5) is 12.0. The highest BCUT2D eigenvalue weighted by atomic mass is 16.7. The molecule has 0 fully saturated rings. The molecule has 0 aromatic heterocycles. The van der Waals surface area contributed by atoms with Gasteiger partial charge in [-0.05, 0) is 0 Å². The van der Waals surface area contributed by atoms with Gasteiger partial charge >= 0.3 is 0 Å². The zero-order chi connectivity index (χ0) is 13.8. The van der Waals surface area contributed by atoms with E-state index < -0.39 is 0 Å². The highest BCUT2D eigenvalue weighted by Gasteiger charge is 2.29. The van der Waals surface area contributed by atoms with Crippen molar-refractivity contribution in [2.45, 2.75) is 0 Å². The van der Waals surface area contributed by atoms with Gasteiger partial charge in [0.15, 0.2) is 11.5 Å². The van der Waals surface area contributed by atoms with E-state index in [0.717, 1.165) is 0 Å². The maximum atomic E-state index is 12.0. The highest BCUT2D eigenvalue weighted by Crippen LogP contribution is 2.49. The van der Waals surface area contributed by atoms with Gasteiger partial charge in [0.05, 0.1) is 26.4 Å². The Labute approximate surface area is 110 Å². The van der Waals surface area contributed by atoms with Crippen LogP contribution in [0.25, 0.3) is 0 Å². The van der Waals surface area contributed by atoms with E-state index in [0.29, 0.717) is 17.2 Å². The molecule has 0 atom stereocenters. The molecule has 0 radical (unpaired) electrons. The molecule has 1 heterocycles. The van der Waals surface area contributed by atoms with Crippen molar-refractivity contribution in [3.05, 3.63) is 11.6 Å². The number of methoxy groups -OCH3 is 2. The molecule has 7 heteroatoms. The van der Waals surface area contributed by atoms with Crippen LogP contribution in [0.5, 0.6) is 23.0 Å². The van der Waals surface area contributed by atoms with Gasteiger partial charge in [-0.1, -0.05) is 0 Å². The fraction of sp³-hybridized carbons (Fsp3) is 0.417. The van der Waals surface area contributed by atoms with Gasteiger partial charge in [-0.2, -0.15) is 0 Å². The number of carbonyl (C=O) groups is 1. The molecule has 19 heavy (non-hydrogen) atoms. The summed E-state index contributed by atoms with van der Waals surface area (Å²) in [6.45, 7) is 0.0538. The zero-order valence-corrected chi connectivity index (χ0v) is 10.7. The van der Waals surface area contributed by atoms with Gasteiger partial charge in [0, 0.05) is 12.6 Å². The second-order valence-corrected chi connectivity index (χ2v) is 3.70. The molecule has 104 valence electrons. The Morgan fingerprint density at radius 3 is 2.74 bits per heavy atom. The van der Waals surface area contributed by atoms with Crippen LogP contribution in [0.15, 0.2) is 6.07 Å². The van der Waals surface area contributed by atoms with Crippen LogP contribution in [0.1, 0.15) is 10.4 Å². The first-order valence-corrected chi connectivity index (χ1v) is 5.66. The lowest BCUT2D eigenvalue weighted by Crippen LogP contribution is -2.26. The average molecular weight is 269 g/mol. The van der Waals surface area contributed by atoms with Gasteiger partial charge in [0.25, 0.3) is 5.91 Å². The van der Waals surface area contributed by atoms with Gasteiger partial charge in [-0.25, -0.2) is 0 Å². The summed E-state index contributed by atoms with van der Waals surface area (Å²) >= 11 is 0. The second-order valence-electron chi connectivity index (χ2n) is 3.70. The highest BCUT2D eigenvalue weighted by molar-refractivity contribution is 5.99. The molecule has 1 amide bonds. The molecule has 0 aliphatic carbocycles. The van der Waals surface area contributed by atoms with Crippen molar-refractivity contribution in [3.63, 3.8) is 0 Å². The van der Waals surface area contributed by atoms with Gasteiger partial charge < -0.3 is 29.4 Å². The number of hydrogen-bond donors (Lipinski definition) is 2. The SMILES string of the molecule is COc1cc(C(=O)NCCO)c(OC)c2c1OCO2. The Balaban J connectivity index is 2.45. The number of carbonyl (C=O) groups excluding carboxylic acids is 1. The third kappa shape index (κ3) is 2.37. The maximum Gasteiger partial charge on any atom is 0.255 e. The van der Waals surface area contributed by atoms with Crippen molar-refractivity contribution in [2.75, 3.05) is 34.2 Å². The zero-order valence-electron chi connectivity index (χ0n) is 10.7. The molecule has 2 rings (SSSR count). The molecule has 1 aromatic carbocycles. The molecule has 0 bridgehead atoms. The molecule has 2 N–H and O–H groups in total. The topological polar surface area (TPSA) is 86.3 Å². The fourth-order valence-electron chi connectivity index (χ4n) is 1.80. The maximum absolute atomic E-state index is 12.0. The third-order valence-corrected chi connectivity index (χ3v) is 2.63. The molecule has 1 aliphatic heterocycles. The van der Waals surface area contributed by atoms with Crippen molar-refractivity contribution in [1.29, 1.82) is 0 Å². The third-order valence-electron chi connectivity index (χ3n) is 2.63. The molecular weight excluding hydrogens is 254 g/mol.